The Hall–Kier alpha value is -3.30. The molecule has 0 spiro atoms. The monoisotopic (exact) mass is 358 g/mol. The molecule has 2 aromatic carbocycles. The van der Waals surface area contributed by atoms with E-state index in [1.165, 1.54) is 0 Å². The van der Waals surface area contributed by atoms with Crippen molar-refractivity contribution in [2.24, 2.45) is 0 Å². The van der Waals surface area contributed by atoms with E-state index in [9.17, 15) is 0 Å². The minimum Gasteiger partial charge on any atom is -0.461 e. The van der Waals surface area contributed by atoms with Crippen molar-refractivity contribution in [3.8, 4) is 23.3 Å². The Morgan fingerprint density at radius 2 is 1.77 bits per heavy atom. The van der Waals surface area contributed by atoms with Crippen LogP contribution in [0, 0.1) is 11.3 Å². The maximum absolute atomic E-state index is 8.91. The van der Waals surface area contributed by atoms with Gasteiger partial charge in [-0.15, -0.1) is 10.2 Å². The number of nitriles is 1. The van der Waals surface area contributed by atoms with E-state index in [-0.39, 0.29) is 0 Å². The second-order valence-corrected chi connectivity index (χ2v) is 6.49. The second kappa shape index (κ2) is 7.30. The van der Waals surface area contributed by atoms with Crippen LogP contribution in [-0.4, -0.2) is 14.8 Å². The smallest absolute Gasteiger partial charge is 0.205 e. The van der Waals surface area contributed by atoms with Crippen LogP contribution >= 0.6 is 11.8 Å². The average molecular weight is 358 g/mol. The van der Waals surface area contributed by atoms with Crippen LogP contribution in [0.2, 0.25) is 0 Å². The van der Waals surface area contributed by atoms with Gasteiger partial charge in [-0.25, -0.2) is 0 Å². The largest absolute Gasteiger partial charge is 0.461 e. The highest BCUT2D eigenvalue weighted by Gasteiger charge is 2.17. The molecule has 0 amide bonds. The van der Waals surface area contributed by atoms with Crippen molar-refractivity contribution < 1.29 is 4.42 Å². The maximum atomic E-state index is 8.91. The minimum absolute atomic E-state index is 0.659. The van der Waals surface area contributed by atoms with Gasteiger partial charge in [0.1, 0.15) is 0 Å². The SMILES string of the molecule is N#Cc1ccc(CSc2nnc(-c3ccco3)n2-c2ccccc2)cc1. The summed E-state index contributed by atoms with van der Waals surface area (Å²) in [5.41, 5.74) is 2.76. The van der Waals surface area contributed by atoms with Gasteiger partial charge >= 0.3 is 0 Å². The predicted octanol–water partition coefficient (Wildman–Crippen LogP) is 4.69. The average Bonchev–Trinajstić information content (AvgIpc) is 3.37. The topological polar surface area (TPSA) is 67.6 Å². The van der Waals surface area contributed by atoms with E-state index < -0.39 is 0 Å². The number of nitrogens with zero attached hydrogens (tertiary/aromatic N) is 4. The molecule has 0 fully saturated rings. The molecule has 0 atom stereocenters. The molecular weight excluding hydrogens is 344 g/mol. The standard InChI is InChI=1S/C20H14N4OS/c21-13-15-8-10-16(11-9-15)14-26-20-23-22-19(18-7-4-12-25-18)24(20)17-5-2-1-3-6-17/h1-12H,14H2. The normalized spacial score (nSPS) is 10.6. The van der Waals surface area contributed by atoms with Crippen LogP contribution in [0.4, 0.5) is 0 Å². The second-order valence-electron chi connectivity index (χ2n) is 5.55. The van der Waals surface area contributed by atoms with Crippen LogP contribution in [0.3, 0.4) is 0 Å². The Morgan fingerprint density at radius 3 is 2.46 bits per heavy atom. The molecule has 0 saturated carbocycles. The molecular formula is C20H14N4OS. The fourth-order valence-electron chi connectivity index (χ4n) is 2.56. The van der Waals surface area contributed by atoms with Crippen LogP contribution in [0.1, 0.15) is 11.1 Å². The van der Waals surface area contributed by atoms with Gasteiger partial charge in [0.05, 0.1) is 17.9 Å². The molecule has 4 aromatic rings. The van der Waals surface area contributed by atoms with E-state index >= 15 is 0 Å². The van der Waals surface area contributed by atoms with Crippen molar-refractivity contribution in [3.63, 3.8) is 0 Å². The van der Waals surface area contributed by atoms with E-state index in [4.69, 9.17) is 9.68 Å². The van der Waals surface area contributed by atoms with E-state index in [1.54, 1.807) is 18.0 Å². The van der Waals surface area contributed by atoms with E-state index in [2.05, 4.69) is 16.3 Å². The van der Waals surface area contributed by atoms with E-state index in [0.29, 0.717) is 17.1 Å². The van der Waals surface area contributed by atoms with Crippen LogP contribution in [0.15, 0.2) is 82.6 Å². The highest BCUT2D eigenvalue weighted by atomic mass is 32.2. The van der Waals surface area contributed by atoms with E-state index in [1.807, 2.05) is 71.3 Å². The van der Waals surface area contributed by atoms with Gasteiger partial charge in [-0.05, 0) is 42.0 Å². The zero-order chi connectivity index (χ0) is 17.8. The number of para-hydroxylation sites is 1. The summed E-state index contributed by atoms with van der Waals surface area (Å²) < 4.78 is 7.51. The van der Waals surface area contributed by atoms with Crippen LogP contribution < -0.4 is 0 Å². The van der Waals surface area contributed by atoms with Gasteiger partial charge in [0.25, 0.3) is 0 Å². The Balaban J connectivity index is 1.66. The summed E-state index contributed by atoms with van der Waals surface area (Å²) in [6.45, 7) is 0. The van der Waals surface area contributed by atoms with Gasteiger partial charge in [-0.1, -0.05) is 42.1 Å². The number of aromatic nitrogens is 3. The molecule has 2 heterocycles. The van der Waals surface area contributed by atoms with Crippen molar-refractivity contribution in [2.45, 2.75) is 10.9 Å². The Kier molecular flexibility index (Phi) is 4.54. The van der Waals surface area contributed by atoms with Crippen molar-refractivity contribution >= 4 is 11.8 Å². The molecule has 0 saturated heterocycles. The lowest BCUT2D eigenvalue weighted by molar-refractivity contribution is 0.575. The van der Waals surface area contributed by atoms with Gasteiger partial charge < -0.3 is 4.42 Å². The molecule has 26 heavy (non-hydrogen) atoms. The summed E-state index contributed by atoms with van der Waals surface area (Å²) in [5.74, 6) is 2.07. The fraction of sp³-hybridized carbons (Fsp3) is 0.0500. The first-order chi connectivity index (χ1) is 12.8. The number of hydrogen-bond acceptors (Lipinski definition) is 5. The lowest BCUT2D eigenvalue weighted by Crippen LogP contribution is -1.99. The van der Waals surface area contributed by atoms with Gasteiger partial charge in [-0.2, -0.15) is 5.26 Å². The number of furan rings is 1. The summed E-state index contributed by atoms with van der Waals surface area (Å²) in [6.07, 6.45) is 1.63. The Bertz CT molecular complexity index is 1030. The molecule has 0 radical (unpaired) electrons. The molecule has 0 N–H and O–H groups in total. The zero-order valence-electron chi connectivity index (χ0n) is 13.7. The molecule has 6 heteroatoms. The number of rotatable bonds is 5. The third-order valence-electron chi connectivity index (χ3n) is 3.84. The first kappa shape index (κ1) is 16.2. The quantitative estimate of drug-likeness (QED) is 0.484. The summed E-state index contributed by atoms with van der Waals surface area (Å²) in [7, 11) is 0. The van der Waals surface area contributed by atoms with Gasteiger partial charge in [0, 0.05) is 11.4 Å². The fourth-order valence-corrected chi connectivity index (χ4v) is 3.47. The molecule has 126 valence electrons. The van der Waals surface area contributed by atoms with E-state index in [0.717, 1.165) is 22.2 Å². The predicted molar refractivity (Wildman–Crippen MR) is 99.8 cm³/mol. The molecule has 0 aliphatic heterocycles. The van der Waals surface area contributed by atoms with Crippen LogP contribution in [-0.2, 0) is 5.75 Å². The number of thioether (sulfide) groups is 1. The van der Waals surface area contributed by atoms with Crippen molar-refractivity contribution in [1.82, 2.24) is 14.8 Å². The lowest BCUT2D eigenvalue weighted by atomic mass is 10.2. The molecule has 5 nitrogen and oxygen atoms in total. The van der Waals surface area contributed by atoms with Crippen LogP contribution in [0.25, 0.3) is 17.3 Å². The maximum Gasteiger partial charge on any atom is 0.205 e. The number of hydrogen-bond donors (Lipinski definition) is 0. The highest BCUT2D eigenvalue weighted by Crippen LogP contribution is 2.29. The molecule has 0 bridgehead atoms. The minimum atomic E-state index is 0.659. The summed E-state index contributed by atoms with van der Waals surface area (Å²) in [6, 6.07) is 23.4. The first-order valence-electron chi connectivity index (χ1n) is 8.02. The first-order valence-corrected chi connectivity index (χ1v) is 9.00. The Labute approximate surface area is 154 Å². The highest BCUT2D eigenvalue weighted by molar-refractivity contribution is 7.98. The molecule has 0 unspecified atom stereocenters. The zero-order valence-corrected chi connectivity index (χ0v) is 14.6. The summed E-state index contributed by atoms with van der Waals surface area (Å²) in [4.78, 5) is 0. The van der Waals surface area contributed by atoms with Gasteiger partial charge in [0.15, 0.2) is 10.9 Å². The lowest BCUT2D eigenvalue weighted by Gasteiger charge is -2.09. The molecule has 0 aliphatic rings. The third-order valence-corrected chi connectivity index (χ3v) is 4.84. The van der Waals surface area contributed by atoms with Crippen molar-refractivity contribution in [2.75, 3.05) is 0 Å². The van der Waals surface area contributed by atoms with Crippen molar-refractivity contribution in [1.29, 1.82) is 5.26 Å². The Morgan fingerprint density at radius 1 is 0.962 bits per heavy atom. The molecule has 4 rings (SSSR count). The van der Waals surface area contributed by atoms with Crippen molar-refractivity contribution in [3.05, 3.63) is 84.1 Å². The van der Waals surface area contributed by atoms with Gasteiger partial charge in [-0.3, -0.25) is 4.57 Å². The number of benzene rings is 2. The molecule has 2 aromatic heterocycles. The van der Waals surface area contributed by atoms with Crippen LogP contribution in [0.5, 0.6) is 0 Å². The third kappa shape index (κ3) is 3.25. The molecule has 0 aliphatic carbocycles. The summed E-state index contributed by atoms with van der Waals surface area (Å²) in [5, 5.41) is 18.4. The summed E-state index contributed by atoms with van der Waals surface area (Å²) >= 11 is 1.59. The van der Waals surface area contributed by atoms with Gasteiger partial charge in [0.2, 0.25) is 5.82 Å².